The SMILES string of the molecule is O=C(O)CN1C(=O)C(=O)c2cccc(Br)c21. The van der Waals surface area contributed by atoms with E-state index in [1.807, 2.05) is 0 Å². The van der Waals surface area contributed by atoms with Gasteiger partial charge in [-0.05, 0) is 28.1 Å². The van der Waals surface area contributed by atoms with Gasteiger partial charge in [0, 0.05) is 4.47 Å². The van der Waals surface area contributed by atoms with Gasteiger partial charge in [-0.1, -0.05) is 6.07 Å². The lowest BCUT2D eigenvalue weighted by molar-refractivity contribution is -0.136. The van der Waals surface area contributed by atoms with Crippen LogP contribution in [-0.2, 0) is 9.59 Å². The average Bonchev–Trinajstić information content (AvgIpc) is 2.45. The van der Waals surface area contributed by atoms with Gasteiger partial charge in [-0.2, -0.15) is 0 Å². The fourth-order valence-corrected chi connectivity index (χ4v) is 2.18. The number of hydrogen-bond acceptors (Lipinski definition) is 3. The fourth-order valence-electron chi connectivity index (χ4n) is 1.60. The number of rotatable bonds is 2. The largest absolute Gasteiger partial charge is 0.480 e. The molecule has 0 fully saturated rings. The van der Waals surface area contributed by atoms with Gasteiger partial charge >= 0.3 is 5.97 Å². The van der Waals surface area contributed by atoms with Crippen LogP contribution in [0.5, 0.6) is 0 Å². The van der Waals surface area contributed by atoms with Crippen LogP contribution in [0, 0.1) is 0 Å². The van der Waals surface area contributed by atoms with Crippen molar-refractivity contribution in [1.82, 2.24) is 0 Å². The number of carboxylic acids is 1. The molecule has 0 saturated heterocycles. The van der Waals surface area contributed by atoms with Crippen molar-refractivity contribution in [2.45, 2.75) is 0 Å². The molecule has 1 aromatic carbocycles. The Bertz CT molecular complexity index is 512. The molecule has 0 bridgehead atoms. The molecule has 2 rings (SSSR count). The Morgan fingerprint density at radius 2 is 2.06 bits per heavy atom. The van der Waals surface area contributed by atoms with E-state index in [1.54, 1.807) is 12.1 Å². The molecule has 1 amide bonds. The van der Waals surface area contributed by atoms with Crippen LogP contribution >= 0.6 is 15.9 Å². The maximum atomic E-state index is 11.5. The second-order valence-corrected chi connectivity index (χ2v) is 4.10. The molecule has 1 N–H and O–H groups in total. The van der Waals surface area contributed by atoms with Crippen LogP contribution < -0.4 is 4.90 Å². The molecule has 0 aliphatic carbocycles. The van der Waals surface area contributed by atoms with Gasteiger partial charge < -0.3 is 5.11 Å². The number of hydrogen-bond donors (Lipinski definition) is 1. The molecule has 1 aromatic rings. The van der Waals surface area contributed by atoms with E-state index in [9.17, 15) is 14.4 Å². The Balaban J connectivity index is 2.56. The van der Waals surface area contributed by atoms with Crippen molar-refractivity contribution in [3.63, 3.8) is 0 Å². The van der Waals surface area contributed by atoms with E-state index < -0.39 is 24.2 Å². The minimum Gasteiger partial charge on any atom is -0.480 e. The highest BCUT2D eigenvalue weighted by Gasteiger charge is 2.37. The Hall–Kier alpha value is -1.69. The Kier molecular flexibility index (Phi) is 2.51. The second kappa shape index (κ2) is 3.71. The third-order valence-corrected chi connectivity index (χ3v) is 2.87. The predicted octanol–water partition coefficient (Wildman–Crippen LogP) is 1.06. The maximum absolute atomic E-state index is 11.5. The molecule has 0 unspecified atom stereocenters. The standard InChI is InChI=1S/C10H6BrNO4/c11-6-3-1-2-5-8(6)12(4-7(13)14)10(16)9(5)15/h1-3H,4H2,(H,13,14). The van der Waals surface area contributed by atoms with Gasteiger partial charge in [-0.25, -0.2) is 0 Å². The summed E-state index contributed by atoms with van der Waals surface area (Å²) in [5.41, 5.74) is 0.570. The topological polar surface area (TPSA) is 74.7 Å². The highest BCUT2D eigenvalue weighted by Crippen LogP contribution is 2.35. The highest BCUT2D eigenvalue weighted by atomic mass is 79.9. The van der Waals surface area contributed by atoms with Crippen LogP contribution in [0.4, 0.5) is 5.69 Å². The predicted molar refractivity (Wildman–Crippen MR) is 58.5 cm³/mol. The molecular weight excluding hydrogens is 278 g/mol. The first kappa shape index (κ1) is 10.8. The first-order chi connectivity index (χ1) is 7.52. The molecule has 0 atom stereocenters. The summed E-state index contributed by atoms with van der Waals surface area (Å²) in [6.45, 7) is -0.514. The van der Waals surface area contributed by atoms with Crippen LogP contribution in [0.1, 0.15) is 10.4 Å². The number of carbonyl (C=O) groups excluding carboxylic acids is 2. The lowest BCUT2D eigenvalue weighted by Crippen LogP contribution is -2.34. The molecule has 1 aliphatic rings. The van der Waals surface area contributed by atoms with Crippen LogP contribution in [0.3, 0.4) is 0 Å². The first-order valence-electron chi connectivity index (χ1n) is 4.39. The molecule has 0 spiro atoms. The number of nitrogens with zero attached hydrogens (tertiary/aromatic N) is 1. The third-order valence-electron chi connectivity index (χ3n) is 2.23. The molecule has 16 heavy (non-hydrogen) atoms. The molecule has 6 heteroatoms. The van der Waals surface area contributed by atoms with Crippen molar-refractivity contribution in [2.24, 2.45) is 0 Å². The van der Waals surface area contributed by atoms with Gasteiger partial charge in [0.2, 0.25) is 0 Å². The lowest BCUT2D eigenvalue weighted by Gasteiger charge is -2.14. The van der Waals surface area contributed by atoms with E-state index >= 15 is 0 Å². The summed E-state index contributed by atoms with van der Waals surface area (Å²) in [5, 5.41) is 8.67. The minimum atomic E-state index is -1.16. The second-order valence-electron chi connectivity index (χ2n) is 3.25. The number of Topliss-reactive ketones (excluding diaryl/α,β-unsaturated/α-hetero) is 1. The molecule has 0 saturated carbocycles. The van der Waals surface area contributed by atoms with Gasteiger partial charge in [0.1, 0.15) is 6.54 Å². The number of aliphatic carboxylic acids is 1. The lowest BCUT2D eigenvalue weighted by atomic mass is 10.1. The quantitative estimate of drug-likeness (QED) is 0.824. The van der Waals surface area contributed by atoms with Gasteiger partial charge in [0.25, 0.3) is 11.7 Å². The number of para-hydroxylation sites is 1. The number of halogens is 1. The van der Waals surface area contributed by atoms with Crippen molar-refractivity contribution >= 4 is 39.3 Å². The number of carbonyl (C=O) groups is 3. The van der Waals surface area contributed by atoms with Crippen molar-refractivity contribution in [1.29, 1.82) is 0 Å². The molecule has 0 radical (unpaired) electrons. The minimum absolute atomic E-state index is 0.237. The number of benzene rings is 1. The highest BCUT2D eigenvalue weighted by molar-refractivity contribution is 9.10. The van der Waals surface area contributed by atoms with Gasteiger partial charge in [0.15, 0.2) is 0 Å². The molecule has 0 aromatic heterocycles. The summed E-state index contributed by atoms with van der Waals surface area (Å²) in [6, 6.07) is 4.78. The van der Waals surface area contributed by atoms with Crippen LogP contribution in [0.25, 0.3) is 0 Å². The summed E-state index contributed by atoms with van der Waals surface area (Å²) < 4.78 is 0.533. The Morgan fingerprint density at radius 1 is 1.38 bits per heavy atom. The van der Waals surface area contributed by atoms with E-state index in [4.69, 9.17) is 5.11 Å². The van der Waals surface area contributed by atoms with Crippen LogP contribution in [0.15, 0.2) is 22.7 Å². The summed E-state index contributed by atoms with van der Waals surface area (Å²) in [6.07, 6.45) is 0. The number of ketones is 1. The normalized spacial score (nSPS) is 14.2. The average molecular weight is 284 g/mol. The molecule has 82 valence electrons. The zero-order valence-corrected chi connectivity index (χ0v) is 9.52. The Labute approximate surface area is 98.8 Å². The monoisotopic (exact) mass is 283 g/mol. The van der Waals surface area contributed by atoms with E-state index in [-0.39, 0.29) is 5.56 Å². The van der Waals surface area contributed by atoms with Crippen molar-refractivity contribution < 1.29 is 19.5 Å². The number of amides is 1. The Morgan fingerprint density at radius 3 is 2.69 bits per heavy atom. The molecule has 1 heterocycles. The van der Waals surface area contributed by atoms with Crippen molar-refractivity contribution in [3.05, 3.63) is 28.2 Å². The molecular formula is C10H6BrNO4. The third kappa shape index (κ3) is 1.51. The summed E-state index contributed by atoms with van der Waals surface area (Å²) in [5.74, 6) is -2.63. The summed E-state index contributed by atoms with van der Waals surface area (Å²) >= 11 is 3.19. The number of fused-ring (bicyclic) bond motifs is 1. The molecule has 5 nitrogen and oxygen atoms in total. The summed E-state index contributed by atoms with van der Waals surface area (Å²) in [7, 11) is 0. The van der Waals surface area contributed by atoms with E-state index in [2.05, 4.69) is 15.9 Å². The van der Waals surface area contributed by atoms with Gasteiger partial charge in [-0.3, -0.25) is 19.3 Å². The van der Waals surface area contributed by atoms with Crippen molar-refractivity contribution in [3.8, 4) is 0 Å². The maximum Gasteiger partial charge on any atom is 0.323 e. The van der Waals surface area contributed by atoms with Crippen molar-refractivity contribution in [2.75, 3.05) is 11.4 Å². The van der Waals surface area contributed by atoms with Gasteiger partial charge in [0.05, 0.1) is 11.3 Å². The number of anilines is 1. The van der Waals surface area contributed by atoms with E-state index in [1.165, 1.54) is 6.07 Å². The number of carboxylic acid groups (broad SMARTS) is 1. The van der Waals surface area contributed by atoms with E-state index in [0.717, 1.165) is 4.90 Å². The zero-order valence-electron chi connectivity index (χ0n) is 7.94. The fraction of sp³-hybridized carbons (Fsp3) is 0.100. The smallest absolute Gasteiger partial charge is 0.323 e. The van der Waals surface area contributed by atoms with E-state index in [0.29, 0.717) is 10.2 Å². The first-order valence-corrected chi connectivity index (χ1v) is 5.18. The van der Waals surface area contributed by atoms with Crippen LogP contribution in [0.2, 0.25) is 0 Å². The zero-order chi connectivity index (χ0) is 11.9. The molecule has 1 aliphatic heterocycles. The van der Waals surface area contributed by atoms with Crippen LogP contribution in [-0.4, -0.2) is 29.3 Å². The summed E-state index contributed by atoms with van der Waals surface area (Å²) in [4.78, 5) is 34.6. The van der Waals surface area contributed by atoms with Gasteiger partial charge in [-0.15, -0.1) is 0 Å².